The Morgan fingerprint density at radius 1 is 1.25 bits per heavy atom. The zero-order valence-electron chi connectivity index (χ0n) is 17.9. The van der Waals surface area contributed by atoms with E-state index in [9.17, 15) is 18.7 Å². The summed E-state index contributed by atoms with van der Waals surface area (Å²) in [6, 6.07) is 7.54. The number of alkyl halides is 2. The first-order valence-corrected chi connectivity index (χ1v) is 11.4. The number of nitrogens with zero attached hydrogens (tertiary/aromatic N) is 2. The number of nitrogens with one attached hydrogen (secondary N) is 1. The second kappa shape index (κ2) is 9.07. The Morgan fingerprint density at radius 3 is 2.66 bits per heavy atom. The third kappa shape index (κ3) is 4.73. The van der Waals surface area contributed by atoms with Crippen LogP contribution in [0.15, 0.2) is 30.3 Å². The second-order valence-corrected chi connectivity index (χ2v) is 9.29. The standard InChI is InChI=1S/C23H25F2N3O3S/c1-23(24,25)20-5-3-4-15(26-20)21(30)27-16-11-19-17(10-18(16)31-2)28-22(32-19)14-8-6-13(12-29)7-9-14/h3-5,10-11,13-14,29H,6-9,12H2,1-2H3,(H,27,30). The van der Waals surface area contributed by atoms with E-state index in [1.807, 2.05) is 0 Å². The van der Waals surface area contributed by atoms with Crippen molar-refractivity contribution in [3.05, 3.63) is 46.7 Å². The molecule has 170 valence electrons. The second-order valence-electron chi connectivity index (χ2n) is 8.22. The van der Waals surface area contributed by atoms with Gasteiger partial charge >= 0.3 is 0 Å². The van der Waals surface area contributed by atoms with Gasteiger partial charge in [0, 0.05) is 25.5 Å². The van der Waals surface area contributed by atoms with E-state index in [-0.39, 0.29) is 12.3 Å². The average molecular weight is 462 g/mol. The van der Waals surface area contributed by atoms with Gasteiger partial charge in [-0.1, -0.05) is 6.07 Å². The Kier molecular flexibility index (Phi) is 6.39. The van der Waals surface area contributed by atoms with Crippen molar-refractivity contribution < 1.29 is 23.4 Å². The van der Waals surface area contributed by atoms with Crippen molar-refractivity contribution in [2.24, 2.45) is 5.92 Å². The van der Waals surface area contributed by atoms with Crippen molar-refractivity contribution >= 4 is 33.1 Å². The fourth-order valence-corrected chi connectivity index (χ4v) is 5.16. The predicted octanol–water partition coefficient (Wildman–Crippen LogP) is 5.33. The maximum Gasteiger partial charge on any atom is 0.287 e. The SMILES string of the molecule is COc1cc2nc(C3CCC(CO)CC3)sc2cc1NC(=O)c1cccc(C(C)(F)F)n1. The Labute approximate surface area is 188 Å². The normalized spacial score (nSPS) is 19.2. The Balaban J connectivity index is 1.58. The third-order valence-corrected chi connectivity index (χ3v) is 7.04. The molecular formula is C23H25F2N3O3S. The summed E-state index contributed by atoms with van der Waals surface area (Å²) in [5.41, 5.74) is 0.655. The van der Waals surface area contributed by atoms with Crippen molar-refractivity contribution in [2.45, 2.75) is 44.4 Å². The van der Waals surface area contributed by atoms with Crippen molar-refractivity contribution in [2.75, 3.05) is 19.0 Å². The molecule has 1 aromatic carbocycles. The molecule has 0 radical (unpaired) electrons. The van der Waals surface area contributed by atoms with E-state index < -0.39 is 17.5 Å². The lowest BCUT2D eigenvalue weighted by Crippen LogP contribution is -2.17. The van der Waals surface area contributed by atoms with Crippen LogP contribution in [0, 0.1) is 5.92 Å². The molecule has 1 aliphatic rings. The largest absolute Gasteiger partial charge is 0.494 e. The van der Waals surface area contributed by atoms with Crippen LogP contribution in [0.1, 0.15) is 59.7 Å². The minimum Gasteiger partial charge on any atom is -0.494 e. The summed E-state index contributed by atoms with van der Waals surface area (Å²) in [5, 5.41) is 13.1. The molecule has 0 bridgehead atoms. The number of fused-ring (bicyclic) bond motifs is 1. The summed E-state index contributed by atoms with van der Waals surface area (Å²) in [7, 11) is 1.50. The summed E-state index contributed by atoms with van der Waals surface area (Å²) < 4.78 is 33.5. The molecule has 4 rings (SSSR count). The minimum absolute atomic E-state index is 0.100. The fraction of sp³-hybridized carbons (Fsp3) is 0.435. The zero-order valence-corrected chi connectivity index (χ0v) is 18.7. The summed E-state index contributed by atoms with van der Waals surface area (Å²) in [6.45, 7) is 0.978. The van der Waals surface area contributed by atoms with Crippen molar-refractivity contribution in [1.29, 1.82) is 0 Å². The van der Waals surface area contributed by atoms with Gasteiger partial charge in [-0.15, -0.1) is 11.3 Å². The molecular weight excluding hydrogens is 436 g/mol. The van der Waals surface area contributed by atoms with Gasteiger partial charge in [-0.05, 0) is 49.8 Å². The number of methoxy groups -OCH3 is 1. The number of pyridine rings is 1. The van der Waals surface area contributed by atoms with E-state index in [4.69, 9.17) is 9.72 Å². The number of hydrogen-bond acceptors (Lipinski definition) is 6. The highest BCUT2D eigenvalue weighted by molar-refractivity contribution is 7.18. The van der Waals surface area contributed by atoms with Crippen LogP contribution in [0.25, 0.3) is 10.2 Å². The molecule has 6 nitrogen and oxygen atoms in total. The number of anilines is 1. The number of hydrogen-bond donors (Lipinski definition) is 2. The van der Waals surface area contributed by atoms with E-state index in [0.717, 1.165) is 47.8 Å². The first-order chi connectivity index (χ1) is 15.3. The van der Waals surface area contributed by atoms with Gasteiger partial charge in [0.1, 0.15) is 17.1 Å². The van der Waals surface area contributed by atoms with Gasteiger partial charge in [0.05, 0.1) is 28.0 Å². The number of thiazole rings is 1. The van der Waals surface area contributed by atoms with E-state index in [1.54, 1.807) is 23.5 Å². The van der Waals surface area contributed by atoms with Gasteiger partial charge in [0.25, 0.3) is 11.8 Å². The van der Waals surface area contributed by atoms with Gasteiger partial charge in [0.15, 0.2) is 0 Å². The molecule has 9 heteroatoms. The molecule has 1 amide bonds. The summed E-state index contributed by atoms with van der Waals surface area (Å²) in [5.74, 6) is -2.56. The maximum atomic E-state index is 13.6. The first kappa shape index (κ1) is 22.5. The quantitative estimate of drug-likeness (QED) is 0.518. The van der Waals surface area contributed by atoms with E-state index >= 15 is 0 Å². The number of aliphatic hydroxyl groups excluding tert-OH is 1. The topological polar surface area (TPSA) is 84.3 Å². The fourth-order valence-electron chi connectivity index (χ4n) is 4.00. The highest BCUT2D eigenvalue weighted by atomic mass is 32.1. The Hall–Kier alpha value is -2.65. The highest BCUT2D eigenvalue weighted by Gasteiger charge is 2.27. The predicted molar refractivity (Wildman–Crippen MR) is 120 cm³/mol. The average Bonchev–Trinajstić information content (AvgIpc) is 3.21. The van der Waals surface area contributed by atoms with Gasteiger partial charge < -0.3 is 15.2 Å². The van der Waals surface area contributed by atoms with Crippen LogP contribution in [-0.4, -0.2) is 34.7 Å². The van der Waals surface area contributed by atoms with E-state index in [1.165, 1.54) is 25.3 Å². The van der Waals surface area contributed by atoms with Gasteiger partial charge in [-0.25, -0.2) is 9.97 Å². The Morgan fingerprint density at radius 2 is 2.00 bits per heavy atom. The van der Waals surface area contributed by atoms with Crippen molar-refractivity contribution in [3.8, 4) is 5.75 Å². The van der Waals surface area contributed by atoms with Crippen LogP contribution < -0.4 is 10.1 Å². The molecule has 1 aliphatic carbocycles. The van der Waals surface area contributed by atoms with Gasteiger partial charge in [-0.3, -0.25) is 4.79 Å². The van der Waals surface area contributed by atoms with Crippen molar-refractivity contribution in [1.82, 2.24) is 9.97 Å². The summed E-state index contributed by atoms with van der Waals surface area (Å²) >= 11 is 1.58. The molecule has 0 spiro atoms. The molecule has 0 aliphatic heterocycles. The van der Waals surface area contributed by atoms with Crippen LogP contribution >= 0.6 is 11.3 Å². The molecule has 2 aromatic heterocycles. The minimum atomic E-state index is -3.14. The maximum absolute atomic E-state index is 13.6. The van der Waals surface area contributed by atoms with E-state index in [0.29, 0.717) is 23.3 Å². The molecule has 1 fully saturated rings. The lowest BCUT2D eigenvalue weighted by molar-refractivity contribution is 0.0126. The van der Waals surface area contributed by atoms with Crippen LogP contribution in [0.4, 0.5) is 14.5 Å². The van der Waals surface area contributed by atoms with Crippen LogP contribution in [0.2, 0.25) is 0 Å². The summed E-state index contributed by atoms with van der Waals surface area (Å²) in [6.07, 6.45) is 3.97. The van der Waals surface area contributed by atoms with Crippen LogP contribution in [0.3, 0.4) is 0 Å². The number of rotatable bonds is 6. The van der Waals surface area contributed by atoms with Crippen molar-refractivity contribution in [3.63, 3.8) is 0 Å². The Bertz CT molecular complexity index is 1120. The first-order valence-electron chi connectivity index (χ1n) is 10.5. The number of halogens is 2. The van der Waals surface area contributed by atoms with Crippen LogP contribution in [-0.2, 0) is 5.92 Å². The van der Waals surface area contributed by atoms with E-state index in [2.05, 4.69) is 10.3 Å². The molecule has 0 saturated heterocycles. The number of carbonyl (C=O) groups is 1. The number of amides is 1. The van der Waals surface area contributed by atoms with Crippen LogP contribution in [0.5, 0.6) is 5.75 Å². The number of benzene rings is 1. The molecule has 3 aromatic rings. The summed E-state index contributed by atoms with van der Waals surface area (Å²) in [4.78, 5) is 21.3. The number of ether oxygens (including phenoxy) is 1. The lowest BCUT2D eigenvalue weighted by atomic mass is 9.83. The number of aliphatic hydroxyl groups is 1. The molecule has 0 atom stereocenters. The molecule has 32 heavy (non-hydrogen) atoms. The van der Waals surface area contributed by atoms with Gasteiger partial charge in [0.2, 0.25) is 0 Å². The highest BCUT2D eigenvalue weighted by Crippen LogP contribution is 2.41. The monoisotopic (exact) mass is 461 g/mol. The molecule has 2 N–H and O–H groups in total. The lowest BCUT2D eigenvalue weighted by Gasteiger charge is -2.25. The number of aromatic nitrogens is 2. The number of carbonyl (C=O) groups excluding carboxylic acids is 1. The zero-order chi connectivity index (χ0) is 22.9. The molecule has 2 heterocycles. The third-order valence-electron chi connectivity index (χ3n) is 5.86. The molecule has 1 saturated carbocycles. The smallest absolute Gasteiger partial charge is 0.287 e. The van der Waals surface area contributed by atoms with Gasteiger partial charge in [-0.2, -0.15) is 8.78 Å². The molecule has 0 unspecified atom stereocenters.